The monoisotopic (exact) mass is 268 g/mol. The fourth-order valence-electron chi connectivity index (χ4n) is 3.03. The van der Waals surface area contributed by atoms with Gasteiger partial charge in [0.2, 0.25) is 5.91 Å². The van der Waals surface area contributed by atoms with Crippen molar-refractivity contribution in [3.63, 3.8) is 0 Å². The number of carbonyl (C=O) groups excluding carboxylic acids is 1. The average Bonchev–Trinajstić information content (AvgIpc) is 2.40. The zero-order valence-electron chi connectivity index (χ0n) is 12.3. The van der Waals surface area contributed by atoms with Crippen LogP contribution in [-0.4, -0.2) is 79.5 Å². The molecule has 5 heteroatoms. The van der Waals surface area contributed by atoms with Gasteiger partial charge in [-0.3, -0.25) is 9.69 Å². The van der Waals surface area contributed by atoms with Crippen LogP contribution in [0.3, 0.4) is 0 Å². The lowest BCUT2D eigenvalue weighted by Crippen LogP contribution is -2.49. The molecule has 0 unspecified atom stereocenters. The highest BCUT2D eigenvalue weighted by atomic mass is 16.2. The van der Waals surface area contributed by atoms with Crippen molar-refractivity contribution >= 4 is 5.91 Å². The second kappa shape index (κ2) is 6.68. The van der Waals surface area contributed by atoms with Crippen molar-refractivity contribution in [1.82, 2.24) is 14.7 Å². The number of nitrogens with zero attached hydrogens (tertiary/aromatic N) is 3. The summed E-state index contributed by atoms with van der Waals surface area (Å²) in [5.41, 5.74) is 5.88. The molecule has 2 fully saturated rings. The van der Waals surface area contributed by atoms with Crippen LogP contribution < -0.4 is 5.73 Å². The molecule has 0 aromatic heterocycles. The van der Waals surface area contributed by atoms with Gasteiger partial charge in [0.15, 0.2) is 0 Å². The van der Waals surface area contributed by atoms with Crippen molar-refractivity contribution in [2.24, 2.45) is 5.73 Å². The number of rotatable bonds is 3. The second-order valence-electron chi connectivity index (χ2n) is 6.17. The van der Waals surface area contributed by atoms with Gasteiger partial charge in [-0.15, -0.1) is 0 Å². The van der Waals surface area contributed by atoms with E-state index in [1.165, 1.54) is 12.8 Å². The van der Waals surface area contributed by atoms with E-state index in [0.29, 0.717) is 12.6 Å². The van der Waals surface area contributed by atoms with E-state index in [9.17, 15) is 4.79 Å². The van der Waals surface area contributed by atoms with Crippen LogP contribution in [0.25, 0.3) is 0 Å². The summed E-state index contributed by atoms with van der Waals surface area (Å²) in [6.45, 7) is 4.51. The van der Waals surface area contributed by atoms with Gasteiger partial charge in [-0.05, 0) is 52.9 Å². The van der Waals surface area contributed by atoms with Gasteiger partial charge < -0.3 is 15.5 Å². The van der Waals surface area contributed by atoms with E-state index in [1.54, 1.807) is 0 Å². The number of hydrogen-bond donors (Lipinski definition) is 1. The molecule has 5 nitrogen and oxygen atoms in total. The summed E-state index contributed by atoms with van der Waals surface area (Å²) in [4.78, 5) is 18.8. The van der Waals surface area contributed by atoms with E-state index in [1.807, 2.05) is 4.90 Å². The summed E-state index contributed by atoms with van der Waals surface area (Å²) in [5.74, 6) is 0.272. The first-order chi connectivity index (χ1) is 9.06. The Labute approximate surface area is 116 Å². The van der Waals surface area contributed by atoms with Crippen LogP contribution in [-0.2, 0) is 4.79 Å². The molecule has 0 aromatic carbocycles. The van der Waals surface area contributed by atoms with Crippen molar-refractivity contribution in [3.8, 4) is 0 Å². The molecule has 1 amide bonds. The highest BCUT2D eigenvalue weighted by Crippen LogP contribution is 2.15. The highest BCUT2D eigenvalue weighted by Gasteiger charge is 2.25. The molecule has 2 N–H and O–H groups in total. The highest BCUT2D eigenvalue weighted by molar-refractivity contribution is 5.78. The third-order valence-corrected chi connectivity index (χ3v) is 4.59. The van der Waals surface area contributed by atoms with Crippen LogP contribution in [0.5, 0.6) is 0 Å². The minimum Gasteiger partial charge on any atom is -0.341 e. The second-order valence-corrected chi connectivity index (χ2v) is 6.17. The molecule has 19 heavy (non-hydrogen) atoms. The van der Waals surface area contributed by atoms with Gasteiger partial charge in [0, 0.05) is 25.2 Å². The van der Waals surface area contributed by atoms with Gasteiger partial charge in [-0.25, -0.2) is 0 Å². The number of likely N-dealkylation sites (tertiary alicyclic amines) is 2. The Balaban J connectivity index is 1.75. The van der Waals surface area contributed by atoms with E-state index in [4.69, 9.17) is 5.73 Å². The number of hydrogen-bond acceptors (Lipinski definition) is 4. The summed E-state index contributed by atoms with van der Waals surface area (Å²) in [6.07, 6.45) is 4.24. The largest absolute Gasteiger partial charge is 0.341 e. The topological polar surface area (TPSA) is 52.8 Å². The Kier molecular flexibility index (Phi) is 5.19. The summed E-state index contributed by atoms with van der Waals surface area (Å²) >= 11 is 0. The SMILES string of the molecule is CN1CCC(N(C)CC(=O)N2CCC(N)CC2)CC1. The van der Waals surface area contributed by atoms with Crippen molar-refractivity contribution in [2.75, 3.05) is 46.8 Å². The van der Waals surface area contributed by atoms with Crippen LogP contribution in [0.1, 0.15) is 25.7 Å². The lowest BCUT2D eigenvalue weighted by atomic mass is 10.0. The fourth-order valence-corrected chi connectivity index (χ4v) is 3.03. The van der Waals surface area contributed by atoms with Gasteiger partial charge in [0.05, 0.1) is 6.54 Å². The molecule has 2 saturated heterocycles. The third-order valence-electron chi connectivity index (χ3n) is 4.59. The molecule has 0 radical (unpaired) electrons. The first kappa shape index (κ1) is 14.8. The minimum atomic E-state index is 0.272. The molecule has 0 bridgehead atoms. The quantitative estimate of drug-likeness (QED) is 0.780. The molecule has 110 valence electrons. The lowest BCUT2D eigenvalue weighted by Gasteiger charge is -2.36. The van der Waals surface area contributed by atoms with E-state index in [2.05, 4.69) is 23.9 Å². The Morgan fingerprint density at radius 2 is 1.74 bits per heavy atom. The van der Waals surface area contributed by atoms with Crippen molar-refractivity contribution < 1.29 is 4.79 Å². The number of likely N-dealkylation sites (N-methyl/N-ethyl adjacent to an activating group) is 1. The first-order valence-corrected chi connectivity index (χ1v) is 7.48. The third kappa shape index (κ3) is 4.16. The molecule has 0 atom stereocenters. The summed E-state index contributed by atoms with van der Waals surface area (Å²) in [7, 11) is 4.25. The first-order valence-electron chi connectivity index (χ1n) is 7.48. The van der Waals surface area contributed by atoms with E-state index in [0.717, 1.165) is 39.0 Å². The van der Waals surface area contributed by atoms with E-state index < -0.39 is 0 Å². The molecule has 2 heterocycles. The molecule has 0 spiro atoms. The maximum Gasteiger partial charge on any atom is 0.236 e. The minimum absolute atomic E-state index is 0.272. The van der Waals surface area contributed by atoms with Crippen LogP contribution >= 0.6 is 0 Å². The van der Waals surface area contributed by atoms with Crippen LogP contribution in [0.15, 0.2) is 0 Å². The van der Waals surface area contributed by atoms with Crippen molar-refractivity contribution in [3.05, 3.63) is 0 Å². The van der Waals surface area contributed by atoms with E-state index in [-0.39, 0.29) is 11.9 Å². The smallest absolute Gasteiger partial charge is 0.236 e. The number of carbonyl (C=O) groups is 1. The summed E-state index contributed by atoms with van der Waals surface area (Å²) in [5, 5.41) is 0. The predicted octanol–water partition coefficient (Wildman–Crippen LogP) is -0.0379. The molecule has 0 aliphatic carbocycles. The van der Waals surface area contributed by atoms with Gasteiger partial charge in [-0.1, -0.05) is 0 Å². The molecule has 2 aliphatic heterocycles. The summed E-state index contributed by atoms with van der Waals surface area (Å²) in [6, 6.07) is 0.850. The summed E-state index contributed by atoms with van der Waals surface area (Å²) < 4.78 is 0. The zero-order chi connectivity index (χ0) is 13.8. The van der Waals surface area contributed by atoms with Crippen LogP contribution in [0, 0.1) is 0 Å². The van der Waals surface area contributed by atoms with Crippen LogP contribution in [0.4, 0.5) is 0 Å². The molecule has 2 rings (SSSR count). The molecular formula is C14H28N4O. The van der Waals surface area contributed by atoms with Gasteiger partial charge in [-0.2, -0.15) is 0 Å². The van der Waals surface area contributed by atoms with Crippen molar-refractivity contribution in [1.29, 1.82) is 0 Å². The molecule has 2 aliphatic rings. The standard InChI is InChI=1S/C14H28N4O/c1-16-7-5-13(6-8-16)17(2)11-14(19)18-9-3-12(15)4-10-18/h12-13H,3-11,15H2,1-2H3. The lowest BCUT2D eigenvalue weighted by molar-refractivity contribution is -0.133. The van der Waals surface area contributed by atoms with Gasteiger partial charge in [0.1, 0.15) is 0 Å². The van der Waals surface area contributed by atoms with Gasteiger partial charge >= 0.3 is 0 Å². The van der Waals surface area contributed by atoms with Crippen molar-refractivity contribution in [2.45, 2.75) is 37.8 Å². The maximum absolute atomic E-state index is 12.3. The number of piperidine rings is 2. The molecule has 0 aromatic rings. The maximum atomic E-state index is 12.3. The average molecular weight is 268 g/mol. The van der Waals surface area contributed by atoms with Crippen LogP contribution in [0.2, 0.25) is 0 Å². The van der Waals surface area contributed by atoms with E-state index >= 15 is 0 Å². The Bertz CT molecular complexity index is 294. The fraction of sp³-hybridized carbons (Fsp3) is 0.929. The Morgan fingerprint density at radius 3 is 2.32 bits per heavy atom. The Hall–Kier alpha value is -0.650. The molecular weight excluding hydrogens is 240 g/mol. The Morgan fingerprint density at radius 1 is 1.16 bits per heavy atom. The predicted molar refractivity (Wildman–Crippen MR) is 76.9 cm³/mol. The zero-order valence-corrected chi connectivity index (χ0v) is 12.3. The number of nitrogens with two attached hydrogens (primary N) is 1. The van der Waals surface area contributed by atoms with Gasteiger partial charge in [0.25, 0.3) is 0 Å². The molecule has 0 saturated carbocycles. The number of amides is 1. The normalized spacial score (nSPS) is 24.1.